The van der Waals surface area contributed by atoms with Gasteiger partial charge in [0.15, 0.2) is 0 Å². The summed E-state index contributed by atoms with van der Waals surface area (Å²) in [5.74, 6) is -0.253. The van der Waals surface area contributed by atoms with E-state index in [1.54, 1.807) is 12.1 Å². The molecule has 0 unspecified atom stereocenters. The first-order valence-corrected chi connectivity index (χ1v) is 5.77. The molecule has 0 heterocycles. The molecule has 0 saturated heterocycles. The third kappa shape index (κ3) is 4.13. The lowest BCUT2D eigenvalue weighted by molar-refractivity contribution is -0.383. The minimum absolute atomic E-state index is 0.105. The first-order chi connectivity index (χ1) is 8.95. The number of benzene rings is 1. The first-order valence-electron chi connectivity index (χ1n) is 5.77. The van der Waals surface area contributed by atoms with Crippen molar-refractivity contribution in [2.24, 2.45) is 0 Å². The molecule has 0 aromatic heterocycles. The van der Waals surface area contributed by atoms with Gasteiger partial charge in [-0.1, -0.05) is 0 Å². The summed E-state index contributed by atoms with van der Waals surface area (Å²) in [7, 11) is 3.18. The average molecular weight is 267 g/mol. The van der Waals surface area contributed by atoms with Crippen LogP contribution in [0, 0.1) is 10.1 Å². The predicted molar refractivity (Wildman–Crippen MR) is 72.0 cm³/mol. The Morgan fingerprint density at radius 1 is 1.53 bits per heavy atom. The summed E-state index contributed by atoms with van der Waals surface area (Å²) in [5.41, 5.74) is 6.41. The molecule has 0 bridgehead atoms. The lowest BCUT2D eigenvalue weighted by Crippen LogP contribution is -2.19. The molecule has 0 atom stereocenters. The van der Waals surface area contributed by atoms with E-state index < -0.39 is 4.92 Å². The van der Waals surface area contributed by atoms with E-state index in [9.17, 15) is 14.9 Å². The number of rotatable bonds is 6. The van der Waals surface area contributed by atoms with Gasteiger partial charge in [-0.25, -0.2) is 0 Å². The maximum Gasteiger partial charge on any atom is 0.305 e. The summed E-state index contributed by atoms with van der Waals surface area (Å²) in [5, 5.41) is 10.6. The third-order valence-electron chi connectivity index (χ3n) is 2.75. The second kappa shape index (κ2) is 6.58. The quantitative estimate of drug-likeness (QED) is 0.363. The number of ether oxygens (including phenoxy) is 1. The zero-order valence-corrected chi connectivity index (χ0v) is 11.0. The van der Waals surface area contributed by atoms with E-state index in [1.807, 2.05) is 11.9 Å². The topological polar surface area (TPSA) is 98.7 Å². The van der Waals surface area contributed by atoms with Crippen LogP contribution >= 0.6 is 0 Å². The number of esters is 1. The molecule has 7 nitrogen and oxygen atoms in total. The Balaban J connectivity index is 2.62. The Labute approximate surface area is 111 Å². The molecule has 0 spiro atoms. The Morgan fingerprint density at radius 2 is 2.21 bits per heavy atom. The number of nitrogens with two attached hydrogens (primary N) is 1. The summed E-state index contributed by atoms with van der Waals surface area (Å²) in [6, 6.07) is 4.56. The molecule has 0 aliphatic heterocycles. The number of nitrogens with zero attached hydrogens (tertiary/aromatic N) is 2. The second-order valence-electron chi connectivity index (χ2n) is 4.10. The average Bonchev–Trinajstić information content (AvgIpc) is 2.37. The largest absolute Gasteiger partial charge is 0.469 e. The van der Waals surface area contributed by atoms with Crippen LogP contribution in [0.5, 0.6) is 0 Å². The molecule has 1 rings (SSSR count). The van der Waals surface area contributed by atoms with Crippen LogP contribution in [0.15, 0.2) is 18.2 Å². The number of anilines is 2. The molecule has 0 aliphatic carbocycles. The van der Waals surface area contributed by atoms with Crippen molar-refractivity contribution in [2.45, 2.75) is 12.8 Å². The van der Waals surface area contributed by atoms with E-state index >= 15 is 0 Å². The highest BCUT2D eigenvalue weighted by Crippen LogP contribution is 2.26. The van der Waals surface area contributed by atoms with E-state index in [4.69, 9.17) is 5.73 Å². The predicted octanol–water partition coefficient (Wildman–Crippen LogP) is 1.57. The van der Waals surface area contributed by atoms with Gasteiger partial charge >= 0.3 is 5.97 Å². The van der Waals surface area contributed by atoms with E-state index in [0.29, 0.717) is 19.4 Å². The van der Waals surface area contributed by atoms with Gasteiger partial charge in [-0.2, -0.15) is 0 Å². The van der Waals surface area contributed by atoms with Crippen LogP contribution < -0.4 is 10.6 Å². The van der Waals surface area contributed by atoms with Gasteiger partial charge in [0.25, 0.3) is 5.69 Å². The van der Waals surface area contributed by atoms with E-state index in [-0.39, 0.29) is 17.3 Å². The molecule has 1 aromatic rings. The number of nitro benzene ring substituents is 1. The van der Waals surface area contributed by atoms with Crippen molar-refractivity contribution in [3.05, 3.63) is 28.3 Å². The highest BCUT2D eigenvalue weighted by molar-refractivity contribution is 5.69. The summed E-state index contributed by atoms with van der Waals surface area (Å²) < 4.78 is 4.55. The van der Waals surface area contributed by atoms with Crippen molar-refractivity contribution in [2.75, 3.05) is 31.3 Å². The van der Waals surface area contributed by atoms with Crippen molar-refractivity contribution in [3.8, 4) is 0 Å². The van der Waals surface area contributed by atoms with Gasteiger partial charge < -0.3 is 15.4 Å². The zero-order valence-electron chi connectivity index (χ0n) is 11.0. The molecule has 0 amide bonds. The molecular formula is C12H17N3O4. The number of carbonyl (C=O) groups is 1. The molecule has 19 heavy (non-hydrogen) atoms. The minimum Gasteiger partial charge on any atom is -0.469 e. The van der Waals surface area contributed by atoms with Crippen LogP contribution in [0.2, 0.25) is 0 Å². The first kappa shape index (κ1) is 14.7. The normalized spacial score (nSPS) is 10.0. The smallest absolute Gasteiger partial charge is 0.305 e. The van der Waals surface area contributed by atoms with Crippen LogP contribution in [-0.2, 0) is 9.53 Å². The maximum atomic E-state index is 11.0. The Kier molecular flexibility index (Phi) is 5.11. The Morgan fingerprint density at radius 3 is 2.74 bits per heavy atom. The van der Waals surface area contributed by atoms with Crippen LogP contribution in [-0.4, -0.2) is 31.6 Å². The van der Waals surface area contributed by atoms with Gasteiger partial charge in [0.1, 0.15) is 5.69 Å². The van der Waals surface area contributed by atoms with Crippen LogP contribution in [0.3, 0.4) is 0 Å². The van der Waals surface area contributed by atoms with Gasteiger partial charge in [0.2, 0.25) is 0 Å². The molecule has 0 radical (unpaired) electrons. The molecule has 7 heteroatoms. The fourth-order valence-corrected chi connectivity index (χ4v) is 1.64. The van der Waals surface area contributed by atoms with E-state index in [2.05, 4.69) is 4.74 Å². The van der Waals surface area contributed by atoms with Gasteiger partial charge in [0, 0.05) is 31.8 Å². The molecule has 0 saturated carbocycles. The monoisotopic (exact) mass is 267 g/mol. The van der Waals surface area contributed by atoms with Gasteiger partial charge in [-0.3, -0.25) is 14.9 Å². The zero-order chi connectivity index (χ0) is 14.4. The third-order valence-corrected chi connectivity index (χ3v) is 2.75. The highest BCUT2D eigenvalue weighted by Gasteiger charge is 2.12. The molecule has 104 valence electrons. The van der Waals surface area contributed by atoms with E-state index in [1.165, 1.54) is 13.2 Å². The highest BCUT2D eigenvalue weighted by atomic mass is 16.6. The van der Waals surface area contributed by atoms with Crippen molar-refractivity contribution in [3.63, 3.8) is 0 Å². The van der Waals surface area contributed by atoms with Gasteiger partial charge in [0.05, 0.1) is 12.0 Å². The fraction of sp³-hybridized carbons (Fsp3) is 0.417. The minimum atomic E-state index is -0.517. The number of methoxy groups -OCH3 is 1. The van der Waals surface area contributed by atoms with E-state index in [0.717, 1.165) is 5.69 Å². The van der Waals surface area contributed by atoms with Gasteiger partial charge in [-0.05, 0) is 18.6 Å². The van der Waals surface area contributed by atoms with Crippen molar-refractivity contribution in [1.29, 1.82) is 0 Å². The standard InChI is InChI=1S/C12H17N3O4/c1-14(7-3-4-12(16)19-2)9-5-6-11(15(17)18)10(13)8-9/h5-6,8H,3-4,7,13H2,1-2H3. The van der Waals surface area contributed by atoms with Crippen LogP contribution in [0.25, 0.3) is 0 Å². The lowest BCUT2D eigenvalue weighted by atomic mass is 10.2. The molecule has 2 N–H and O–H groups in total. The maximum absolute atomic E-state index is 11.0. The van der Waals surface area contributed by atoms with Crippen LogP contribution in [0.4, 0.5) is 17.1 Å². The summed E-state index contributed by atoms with van der Waals surface area (Å²) in [6.45, 7) is 0.631. The Hall–Kier alpha value is -2.31. The number of hydrogen-bond acceptors (Lipinski definition) is 6. The van der Waals surface area contributed by atoms with Crippen LogP contribution in [0.1, 0.15) is 12.8 Å². The summed E-state index contributed by atoms with van der Waals surface area (Å²) >= 11 is 0. The number of carbonyl (C=O) groups excluding carboxylic acids is 1. The second-order valence-corrected chi connectivity index (χ2v) is 4.10. The molecule has 0 fully saturated rings. The number of nitrogen functional groups attached to an aromatic ring is 1. The van der Waals surface area contributed by atoms with Crippen molar-refractivity contribution < 1.29 is 14.5 Å². The Bertz CT molecular complexity index is 476. The summed E-state index contributed by atoms with van der Waals surface area (Å²) in [4.78, 5) is 23.0. The van der Waals surface area contributed by atoms with Gasteiger partial charge in [-0.15, -0.1) is 0 Å². The molecule has 0 aliphatic rings. The molecule has 1 aromatic carbocycles. The SMILES string of the molecule is COC(=O)CCCN(C)c1ccc([N+](=O)[O-])c(N)c1. The summed E-state index contributed by atoms with van der Waals surface area (Å²) in [6.07, 6.45) is 0.976. The van der Waals surface area contributed by atoms with Crippen molar-refractivity contribution in [1.82, 2.24) is 0 Å². The lowest BCUT2D eigenvalue weighted by Gasteiger charge is -2.19. The molecular weight excluding hydrogens is 250 g/mol. The van der Waals surface area contributed by atoms with Crippen molar-refractivity contribution >= 4 is 23.0 Å². The fourth-order valence-electron chi connectivity index (χ4n) is 1.64. The number of nitro groups is 1. The number of hydrogen-bond donors (Lipinski definition) is 1.